The number of aryl methyl sites for hydroxylation is 2. The van der Waals surface area contributed by atoms with Crippen LogP contribution in [0.2, 0.25) is 48.8 Å². The van der Waals surface area contributed by atoms with E-state index in [2.05, 4.69) is 58.6 Å². The number of hydrogen-bond donors (Lipinski definition) is 0. The number of hydrogen-bond acceptors (Lipinski definition) is 9. The Kier molecular flexibility index (Phi) is 10.2. The van der Waals surface area contributed by atoms with E-state index in [4.69, 9.17) is 49.7 Å². The molecule has 2 aliphatic heterocycles. The first kappa shape index (κ1) is 37.5. The second kappa shape index (κ2) is 14.1. The smallest absolute Gasteiger partial charge is 0.301 e. The molecule has 0 spiro atoms. The Morgan fingerprint density at radius 2 is 1.71 bits per heavy atom. The van der Waals surface area contributed by atoms with Gasteiger partial charge in [0, 0.05) is 39.1 Å². The van der Waals surface area contributed by atoms with E-state index in [0.717, 1.165) is 22.7 Å². The lowest BCUT2D eigenvalue weighted by Gasteiger charge is -2.39. The van der Waals surface area contributed by atoms with Gasteiger partial charge in [-0.25, -0.2) is 4.39 Å². The number of ether oxygens (including phenoxy) is 5. The van der Waals surface area contributed by atoms with Crippen LogP contribution in [-0.4, -0.2) is 84.9 Å². The van der Waals surface area contributed by atoms with Gasteiger partial charge in [0.25, 0.3) is 0 Å². The summed E-state index contributed by atoms with van der Waals surface area (Å²) in [6, 6.07) is 6.60. The largest absolute Gasteiger partial charge is 0.468 e. The summed E-state index contributed by atoms with van der Waals surface area (Å²) in [7, 11) is -1.53. The van der Waals surface area contributed by atoms with Crippen LogP contribution < -0.4 is 9.47 Å². The van der Waals surface area contributed by atoms with E-state index in [1.807, 2.05) is 19.3 Å². The third-order valence-electron chi connectivity index (χ3n) is 10.8. The summed E-state index contributed by atoms with van der Waals surface area (Å²) in [4.78, 5) is 9.67. The molecule has 0 bridgehead atoms. The summed E-state index contributed by atoms with van der Waals surface area (Å²) in [5, 5.41) is 4.58. The summed E-state index contributed by atoms with van der Waals surface area (Å²) >= 11 is 6.78. The molecule has 0 saturated carbocycles. The number of benzene rings is 1. The van der Waals surface area contributed by atoms with Crippen LogP contribution in [0.4, 0.5) is 4.39 Å². The molecule has 52 heavy (non-hydrogen) atoms. The van der Waals surface area contributed by atoms with Gasteiger partial charge in [-0.3, -0.25) is 9.25 Å². The van der Waals surface area contributed by atoms with Gasteiger partial charge in [-0.2, -0.15) is 15.1 Å². The van der Waals surface area contributed by atoms with Crippen molar-refractivity contribution < 1.29 is 32.5 Å². The molecule has 0 amide bonds. The fraction of sp³-hybridized carbons (Fsp3) is 0.595. The normalized spacial score (nSPS) is 23.4. The molecule has 5 atom stereocenters. The van der Waals surface area contributed by atoms with Gasteiger partial charge >= 0.3 is 6.01 Å². The molecule has 7 rings (SSSR count). The molecule has 2 fully saturated rings. The number of fused-ring (bicyclic) bond motifs is 3. The lowest BCUT2D eigenvalue weighted by molar-refractivity contribution is 0.00686. The van der Waals surface area contributed by atoms with Gasteiger partial charge in [-0.05, 0) is 60.3 Å². The maximum atomic E-state index is 15.7. The predicted molar refractivity (Wildman–Crippen MR) is 203 cm³/mol. The van der Waals surface area contributed by atoms with Crippen LogP contribution in [0.25, 0.3) is 22.3 Å². The highest BCUT2D eigenvalue weighted by Gasteiger charge is 2.52. The summed E-state index contributed by atoms with van der Waals surface area (Å²) in [5.41, 5.74) is 4.10. The van der Waals surface area contributed by atoms with Crippen molar-refractivity contribution in [3.05, 3.63) is 52.6 Å². The molecule has 11 nitrogen and oxygen atoms in total. The van der Waals surface area contributed by atoms with Crippen LogP contribution >= 0.6 is 11.6 Å². The van der Waals surface area contributed by atoms with Crippen LogP contribution in [0.1, 0.15) is 44.4 Å². The van der Waals surface area contributed by atoms with E-state index >= 15 is 4.39 Å². The fourth-order valence-electron chi connectivity index (χ4n) is 6.80. The zero-order valence-corrected chi connectivity index (χ0v) is 34.4. The van der Waals surface area contributed by atoms with Crippen LogP contribution in [0.3, 0.4) is 0 Å². The maximum absolute atomic E-state index is 15.7. The van der Waals surface area contributed by atoms with Crippen LogP contribution in [0, 0.1) is 5.82 Å². The highest BCUT2D eigenvalue weighted by molar-refractivity contribution is 6.76. The summed E-state index contributed by atoms with van der Waals surface area (Å²) in [6.45, 7) is 19.7. The molecule has 2 saturated heterocycles. The minimum Gasteiger partial charge on any atom is -0.468 e. The fourth-order valence-corrected chi connectivity index (χ4v) is 9.06. The molecule has 1 unspecified atom stereocenters. The van der Waals surface area contributed by atoms with E-state index in [1.54, 1.807) is 27.6 Å². The summed E-state index contributed by atoms with van der Waals surface area (Å²) in [5.74, 6) is -0.123. The van der Waals surface area contributed by atoms with E-state index < -0.39 is 28.6 Å². The van der Waals surface area contributed by atoms with Gasteiger partial charge < -0.3 is 28.1 Å². The first-order valence-electron chi connectivity index (χ1n) is 18.2. The number of halogens is 2. The second-order valence-corrected chi connectivity index (χ2v) is 27.8. The van der Waals surface area contributed by atoms with Crippen molar-refractivity contribution in [1.29, 1.82) is 0 Å². The molecular formula is C37H51ClFN5O6Si2. The number of imidazole rings is 1. The summed E-state index contributed by atoms with van der Waals surface area (Å²) < 4.78 is 57.6. The van der Waals surface area contributed by atoms with Crippen molar-refractivity contribution in [3.63, 3.8) is 0 Å². The Hall–Kier alpha value is -2.86. The first-order valence-corrected chi connectivity index (χ1v) is 25.2. The Balaban J connectivity index is 1.14. The Morgan fingerprint density at radius 3 is 2.40 bits per heavy atom. The Bertz CT molecular complexity index is 1940. The molecule has 15 heteroatoms. The SMILES string of the molecule is Cn1cc(-c2cc(F)c3c(c2)CCC3Oc2nc3c(cc2Cl)nc(O[C@@H]2CO[C@H]4[C@@H]2OC[C@H]4O[Si](C)(C)C(C)(C)C)n3COCC[Si](C)(C)C)cn1. The van der Waals surface area contributed by atoms with E-state index in [1.165, 1.54) is 0 Å². The number of rotatable bonds is 12. The molecule has 0 N–H and O–H groups in total. The van der Waals surface area contributed by atoms with Crippen molar-refractivity contribution in [2.75, 3.05) is 19.8 Å². The molecule has 4 aromatic rings. The maximum Gasteiger partial charge on any atom is 0.301 e. The van der Waals surface area contributed by atoms with Crippen molar-refractivity contribution in [1.82, 2.24) is 24.3 Å². The lowest BCUT2D eigenvalue weighted by atomic mass is 10.0. The minimum absolute atomic E-state index is 0.0654. The Labute approximate surface area is 312 Å². The van der Waals surface area contributed by atoms with Crippen LogP contribution in [0.15, 0.2) is 30.6 Å². The molecular weight excluding hydrogens is 721 g/mol. The molecule has 282 valence electrons. The first-order chi connectivity index (χ1) is 24.5. The average molecular weight is 772 g/mol. The van der Waals surface area contributed by atoms with Crippen LogP contribution in [-0.2, 0) is 38.8 Å². The van der Waals surface area contributed by atoms with E-state index in [9.17, 15) is 0 Å². The van der Waals surface area contributed by atoms with Crippen molar-refractivity contribution >= 4 is 39.2 Å². The van der Waals surface area contributed by atoms with Crippen molar-refractivity contribution in [3.8, 4) is 23.0 Å². The lowest BCUT2D eigenvalue weighted by Crippen LogP contribution is -2.47. The third-order valence-corrected chi connectivity index (χ3v) is 17.3. The molecule has 1 aliphatic carbocycles. The van der Waals surface area contributed by atoms with Crippen molar-refractivity contribution in [2.45, 2.75) is 115 Å². The Morgan fingerprint density at radius 1 is 0.981 bits per heavy atom. The molecule has 0 radical (unpaired) electrons. The highest BCUT2D eigenvalue weighted by atomic mass is 35.5. The van der Waals surface area contributed by atoms with E-state index in [0.29, 0.717) is 55.4 Å². The molecule has 3 aromatic heterocycles. The number of aromatic nitrogens is 5. The predicted octanol–water partition coefficient (Wildman–Crippen LogP) is 7.94. The molecule has 1 aromatic carbocycles. The molecule has 3 aliphatic rings. The summed E-state index contributed by atoms with van der Waals surface area (Å²) in [6.07, 6.45) is 3.23. The zero-order chi connectivity index (χ0) is 37.2. The zero-order valence-electron chi connectivity index (χ0n) is 31.7. The monoisotopic (exact) mass is 771 g/mol. The molecule has 5 heterocycles. The average Bonchev–Trinajstić information content (AvgIpc) is 3.87. The third kappa shape index (κ3) is 7.57. The second-order valence-electron chi connectivity index (χ2n) is 17.0. The highest BCUT2D eigenvalue weighted by Crippen LogP contribution is 2.43. The standard InChI is InChI=1S/C37H51ClFN5O6Si2/c1-37(2,3)52(8,9)50-30-20-47-32-29(19-46-33(30)32)49-36-41-27-16-25(38)35(42-34(27)44(36)21-45-12-13-51(5,6)7)48-28-11-10-22-14-23(15-26(39)31(22)28)24-17-40-43(4)18-24/h14-18,28-30,32-33H,10-13,19-21H2,1-9H3/t28?,29-,30-,32-,33-/m1/s1. The topological polar surface area (TPSA) is 104 Å². The van der Waals surface area contributed by atoms with Crippen molar-refractivity contribution in [2.24, 2.45) is 7.05 Å². The number of pyridine rings is 1. The van der Waals surface area contributed by atoms with Gasteiger partial charge in [-0.1, -0.05) is 58.1 Å². The number of nitrogens with zero attached hydrogens (tertiary/aromatic N) is 5. The van der Waals surface area contributed by atoms with Gasteiger partial charge in [-0.15, -0.1) is 0 Å². The van der Waals surface area contributed by atoms with Gasteiger partial charge in [0.2, 0.25) is 5.88 Å². The minimum atomic E-state index is -2.04. The van der Waals surface area contributed by atoms with Gasteiger partial charge in [0.1, 0.15) is 41.4 Å². The van der Waals surface area contributed by atoms with Gasteiger partial charge in [0.15, 0.2) is 20.1 Å². The quantitative estimate of drug-likeness (QED) is 0.105. The van der Waals surface area contributed by atoms with Crippen LogP contribution in [0.5, 0.6) is 11.9 Å². The van der Waals surface area contributed by atoms with Gasteiger partial charge in [0.05, 0.1) is 25.5 Å². The van der Waals surface area contributed by atoms with E-state index in [-0.39, 0.29) is 46.8 Å².